The standard InChI is InChI=1S/C13H18Br2O2/c1-2-3-4-5-6-7-8-10-9-11(12(14)15)17-13(10)16/h9H,2-8H2,1H3. The Bertz CT molecular complexity index is 328. The van der Waals surface area contributed by atoms with Gasteiger partial charge in [-0.1, -0.05) is 39.0 Å². The van der Waals surface area contributed by atoms with E-state index in [4.69, 9.17) is 4.74 Å². The van der Waals surface area contributed by atoms with Gasteiger partial charge in [0.15, 0.2) is 5.76 Å². The van der Waals surface area contributed by atoms with Crippen molar-refractivity contribution in [2.45, 2.75) is 51.9 Å². The number of halogens is 2. The van der Waals surface area contributed by atoms with Gasteiger partial charge in [0.25, 0.3) is 0 Å². The fourth-order valence-electron chi connectivity index (χ4n) is 1.78. The monoisotopic (exact) mass is 364 g/mol. The van der Waals surface area contributed by atoms with Crippen molar-refractivity contribution in [1.29, 1.82) is 0 Å². The van der Waals surface area contributed by atoms with Gasteiger partial charge in [-0.05, 0) is 50.8 Å². The second-order valence-corrected chi connectivity index (χ2v) is 6.85. The highest BCUT2D eigenvalue weighted by Gasteiger charge is 2.21. The van der Waals surface area contributed by atoms with Crippen LogP contribution in [-0.2, 0) is 9.53 Å². The molecule has 0 saturated heterocycles. The molecule has 0 radical (unpaired) electrons. The molecule has 2 nitrogen and oxygen atoms in total. The molecule has 1 aliphatic rings. The summed E-state index contributed by atoms with van der Waals surface area (Å²) in [6.45, 7) is 2.21. The maximum absolute atomic E-state index is 11.5. The molecule has 4 heteroatoms. The smallest absolute Gasteiger partial charge is 0.339 e. The number of cyclic esters (lactones) is 1. The lowest BCUT2D eigenvalue weighted by molar-refractivity contribution is -0.133. The molecule has 0 aromatic heterocycles. The Kier molecular flexibility index (Phi) is 7.12. The molecule has 17 heavy (non-hydrogen) atoms. The van der Waals surface area contributed by atoms with Crippen LogP contribution in [0.15, 0.2) is 20.8 Å². The quantitative estimate of drug-likeness (QED) is 0.459. The van der Waals surface area contributed by atoms with Gasteiger partial charge in [-0.25, -0.2) is 4.79 Å². The highest BCUT2D eigenvalue weighted by Crippen LogP contribution is 2.29. The predicted molar refractivity (Wildman–Crippen MR) is 77.0 cm³/mol. The molecule has 0 aromatic rings. The topological polar surface area (TPSA) is 26.3 Å². The van der Waals surface area contributed by atoms with E-state index in [0.717, 1.165) is 18.4 Å². The second-order valence-electron chi connectivity index (χ2n) is 4.20. The Labute approximate surface area is 120 Å². The third-order valence-corrected chi connectivity index (χ3v) is 3.54. The number of allylic oxidation sites excluding steroid dienone is 1. The highest BCUT2D eigenvalue weighted by atomic mass is 79.9. The van der Waals surface area contributed by atoms with Gasteiger partial charge in [-0.2, -0.15) is 0 Å². The summed E-state index contributed by atoms with van der Waals surface area (Å²) in [4.78, 5) is 11.5. The van der Waals surface area contributed by atoms with Crippen molar-refractivity contribution < 1.29 is 9.53 Å². The molecule has 1 rings (SSSR count). The Balaban J connectivity index is 2.26. The molecule has 0 amide bonds. The summed E-state index contributed by atoms with van der Waals surface area (Å²) in [5.74, 6) is 0.376. The van der Waals surface area contributed by atoms with Gasteiger partial charge in [-0.15, -0.1) is 0 Å². The Hall–Kier alpha value is -0.0900. The van der Waals surface area contributed by atoms with Crippen molar-refractivity contribution in [3.8, 4) is 0 Å². The van der Waals surface area contributed by atoms with E-state index >= 15 is 0 Å². The van der Waals surface area contributed by atoms with Crippen LogP contribution in [0, 0.1) is 0 Å². The molecule has 0 atom stereocenters. The second kappa shape index (κ2) is 8.09. The number of unbranched alkanes of at least 4 members (excludes halogenated alkanes) is 5. The average molecular weight is 366 g/mol. The van der Waals surface area contributed by atoms with E-state index in [1.54, 1.807) is 0 Å². The van der Waals surface area contributed by atoms with Crippen LogP contribution in [0.25, 0.3) is 0 Å². The van der Waals surface area contributed by atoms with Crippen molar-refractivity contribution in [2.24, 2.45) is 0 Å². The van der Waals surface area contributed by atoms with E-state index in [9.17, 15) is 4.79 Å². The lowest BCUT2D eigenvalue weighted by Gasteiger charge is -2.00. The molecule has 0 saturated carbocycles. The average Bonchev–Trinajstić information content (AvgIpc) is 2.65. The molecular formula is C13H18Br2O2. The highest BCUT2D eigenvalue weighted by molar-refractivity contribution is 9.28. The van der Waals surface area contributed by atoms with Gasteiger partial charge in [0, 0.05) is 5.57 Å². The van der Waals surface area contributed by atoms with Crippen molar-refractivity contribution >= 4 is 37.8 Å². The molecule has 1 aliphatic heterocycles. The fraction of sp³-hybridized carbons (Fsp3) is 0.615. The minimum Gasteiger partial charge on any atom is -0.421 e. The maximum atomic E-state index is 11.5. The van der Waals surface area contributed by atoms with Crippen molar-refractivity contribution in [3.05, 3.63) is 20.8 Å². The number of carbonyl (C=O) groups excluding carboxylic acids is 1. The van der Waals surface area contributed by atoms with Gasteiger partial charge in [0.1, 0.15) is 3.39 Å². The molecule has 0 bridgehead atoms. The van der Waals surface area contributed by atoms with Gasteiger partial charge in [-0.3, -0.25) is 0 Å². The Morgan fingerprint density at radius 2 is 1.82 bits per heavy atom. The van der Waals surface area contributed by atoms with E-state index in [1.165, 1.54) is 32.1 Å². The van der Waals surface area contributed by atoms with Crippen LogP contribution in [-0.4, -0.2) is 5.97 Å². The van der Waals surface area contributed by atoms with E-state index < -0.39 is 0 Å². The number of carbonyl (C=O) groups is 1. The summed E-state index contributed by atoms with van der Waals surface area (Å²) in [6.07, 6.45) is 10.0. The van der Waals surface area contributed by atoms with Crippen LogP contribution in [0.5, 0.6) is 0 Å². The first kappa shape index (κ1) is 15.0. The normalized spacial score (nSPS) is 14.9. The zero-order valence-corrected chi connectivity index (χ0v) is 13.3. The number of rotatable bonds is 7. The molecule has 0 aliphatic carbocycles. The first-order chi connectivity index (χ1) is 8.15. The van der Waals surface area contributed by atoms with Gasteiger partial charge < -0.3 is 4.74 Å². The number of hydrogen-bond acceptors (Lipinski definition) is 2. The van der Waals surface area contributed by atoms with Gasteiger partial charge in [0.05, 0.1) is 0 Å². The first-order valence-electron chi connectivity index (χ1n) is 6.13. The molecule has 0 spiro atoms. The molecule has 1 heterocycles. The molecule has 0 fully saturated rings. The third kappa shape index (κ3) is 5.38. The largest absolute Gasteiger partial charge is 0.421 e. The lowest BCUT2D eigenvalue weighted by atomic mass is 10.1. The molecule has 96 valence electrons. The summed E-state index contributed by atoms with van der Waals surface area (Å²) < 4.78 is 5.78. The Morgan fingerprint density at radius 1 is 1.18 bits per heavy atom. The SMILES string of the molecule is CCCCCCCCC1=CC(=C(Br)Br)OC1=O. The molecule has 0 aromatic carbocycles. The van der Waals surface area contributed by atoms with Crippen molar-refractivity contribution in [1.82, 2.24) is 0 Å². The van der Waals surface area contributed by atoms with Crippen LogP contribution < -0.4 is 0 Å². The lowest BCUT2D eigenvalue weighted by Crippen LogP contribution is -1.98. The minimum absolute atomic E-state index is 0.204. The molecule has 0 unspecified atom stereocenters. The number of esters is 1. The van der Waals surface area contributed by atoms with E-state index in [1.807, 2.05) is 6.08 Å². The van der Waals surface area contributed by atoms with E-state index in [2.05, 4.69) is 38.8 Å². The van der Waals surface area contributed by atoms with Gasteiger partial charge in [0.2, 0.25) is 0 Å². The third-order valence-electron chi connectivity index (χ3n) is 2.76. The Morgan fingerprint density at radius 3 is 2.41 bits per heavy atom. The molecule has 0 N–H and O–H groups in total. The summed E-state index contributed by atoms with van der Waals surface area (Å²) in [7, 11) is 0. The van der Waals surface area contributed by atoms with Gasteiger partial charge >= 0.3 is 5.97 Å². The van der Waals surface area contributed by atoms with Crippen molar-refractivity contribution in [3.63, 3.8) is 0 Å². The number of hydrogen-bond donors (Lipinski definition) is 0. The first-order valence-corrected chi connectivity index (χ1v) is 7.71. The van der Waals surface area contributed by atoms with E-state index in [-0.39, 0.29) is 5.97 Å². The van der Waals surface area contributed by atoms with Crippen LogP contribution in [0.1, 0.15) is 51.9 Å². The van der Waals surface area contributed by atoms with Crippen molar-refractivity contribution in [2.75, 3.05) is 0 Å². The summed E-state index contributed by atoms with van der Waals surface area (Å²) in [6, 6.07) is 0. The van der Waals surface area contributed by atoms with Crippen LogP contribution >= 0.6 is 31.9 Å². The molecular weight excluding hydrogens is 348 g/mol. The zero-order chi connectivity index (χ0) is 12.7. The predicted octanol–water partition coefficient (Wildman–Crippen LogP) is 5.18. The maximum Gasteiger partial charge on any atom is 0.339 e. The zero-order valence-electron chi connectivity index (χ0n) is 10.1. The van der Waals surface area contributed by atoms with Crippen LogP contribution in [0.3, 0.4) is 0 Å². The van der Waals surface area contributed by atoms with E-state index in [0.29, 0.717) is 9.15 Å². The minimum atomic E-state index is -0.204. The van der Waals surface area contributed by atoms with Crippen LogP contribution in [0.2, 0.25) is 0 Å². The summed E-state index contributed by atoms with van der Waals surface area (Å²) in [5, 5.41) is 0. The summed E-state index contributed by atoms with van der Waals surface area (Å²) >= 11 is 6.48. The fourth-order valence-corrected chi connectivity index (χ4v) is 2.17. The van der Waals surface area contributed by atoms with Crippen LogP contribution in [0.4, 0.5) is 0 Å². The number of ether oxygens (including phenoxy) is 1. The summed E-state index contributed by atoms with van der Waals surface area (Å²) in [5.41, 5.74) is 0.784.